The molecule has 0 saturated carbocycles. The number of anilines is 2. The lowest BCUT2D eigenvalue weighted by molar-refractivity contribution is -0.138. The highest BCUT2D eigenvalue weighted by atomic mass is 19.4. The molecule has 2 amide bonds. The van der Waals surface area contributed by atoms with Gasteiger partial charge in [0.25, 0.3) is 11.8 Å². The number of nitrogens with one attached hydrogen (secondary N) is 2. The minimum atomic E-state index is -4.88. The number of halogens is 3. The van der Waals surface area contributed by atoms with E-state index in [1.165, 1.54) is 10.9 Å². The Morgan fingerprint density at radius 3 is 2.43 bits per heavy atom. The van der Waals surface area contributed by atoms with Crippen LogP contribution in [0, 0.1) is 0 Å². The standard InChI is InChI=1S/C30H39F3N10O4/c1-20(2)41-9-11-42(12-10-41)25-6-5-21(17-23(25)35-29(45)27-22(30(31,32)33)18-26(46-3)37-38-27)43-19-24(36-39-43)28(44)34-7-4-8-40-13-15-47-16-14-40/h5-6,17-20H,4,7-16H2,1-3H3,(H,34,44)(H,35,45). The molecule has 0 bridgehead atoms. The second kappa shape index (κ2) is 15.0. The van der Waals surface area contributed by atoms with Crippen molar-refractivity contribution < 1.29 is 32.2 Å². The fourth-order valence-corrected chi connectivity index (χ4v) is 5.47. The van der Waals surface area contributed by atoms with Crippen molar-refractivity contribution in [2.45, 2.75) is 32.5 Å². The number of methoxy groups -OCH3 is 1. The molecular weight excluding hydrogens is 621 g/mol. The molecule has 0 unspecified atom stereocenters. The van der Waals surface area contributed by atoms with E-state index in [1.807, 2.05) is 0 Å². The van der Waals surface area contributed by atoms with Gasteiger partial charge in [-0.1, -0.05) is 5.21 Å². The molecule has 2 saturated heterocycles. The van der Waals surface area contributed by atoms with Gasteiger partial charge in [-0.15, -0.1) is 15.3 Å². The number of hydrogen-bond acceptors (Lipinski definition) is 11. The van der Waals surface area contributed by atoms with Crippen molar-refractivity contribution in [2.75, 3.05) is 82.9 Å². The minimum absolute atomic E-state index is 0.0965. The van der Waals surface area contributed by atoms with Crippen LogP contribution >= 0.6 is 0 Å². The third-order valence-electron chi connectivity index (χ3n) is 8.15. The third-order valence-corrected chi connectivity index (χ3v) is 8.15. The van der Waals surface area contributed by atoms with E-state index in [0.29, 0.717) is 56.3 Å². The Morgan fingerprint density at radius 2 is 1.74 bits per heavy atom. The van der Waals surface area contributed by atoms with E-state index in [0.717, 1.165) is 46.3 Å². The molecule has 17 heteroatoms. The van der Waals surface area contributed by atoms with E-state index < -0.39 is 23.3 Å². The van der Waals surface area contributed by atoms with Crippen molar-refractivity contribution in [1.29, 1.82) is 0 Å². The van der Waals surface area contributed by atoms with Crippen molar-refractivity contribution in [3.05, 3.63) is 47.4 Å². The highest BCUT2D eigenvalue weighted by molar-refractivity contribution is 6.06. The zero-order valence-corrected chi connectivity index (χ0v) is 26.6. The van der Waals surface area contributed by atoms with Gasteiger partial charge in [0.2, 0.25) is 5.88 Å². The van der Waals surface area contributed by atoms with Gasteiger partial charge < -0.3 is 25.0 Å². The van der Waals surface area contributed by atoms with E-state index in [-0.39, 0.29) is 23.2 Å². The molecule has 2 N–H and O–H groups in total. The molecule has 0 spiro atoms. The highest BCUT2D eigenvalue weighted by Gasteiger charge is 2.38. The first kappa shape index (κ1) is 34.0. The van der Waals surface area contributed by atoms with Crippen molar-refractivity contribution in [2.24, 2.45) is 0 Å². The number of aromatic nitrogens is 5. The first-order chi connectivity index (χ1) is 22.5. The Kier molecular flexibility index (Phi) is 10.9. The number of nitrogens with zero attached hydrogens (tertiary/aromatic N) is 8. The molecule has 2 aliphatic heterocycles. The number of hydrogen-bond donors (Lipinski definition) is 2. The molecule has 2 aliphatic rings. The molecule has 2 aromatic heterocycles. The summed E-state index contributed by atoms with van der Waals surface area (Å²) in [5.41, 5.74) is -0.797. The second-order valence-corrected chi connectivity index (χ2v) is 11.5. The molecule has 0 aliphatic carbocycles. The van der Waals surface area contributed by atoms with Crippen LogP contribution in [0.5, 0.6) is 5.88 Å². The summed E-state index contributed by atoms with van der Waals surface area (Å²) in [5, 5.41) is 20.7. The number of carbonyl (C=O) groups excluding carboxylic acids is 2. The molecule has 0 atom stereocenters. The summed E-state index contributed by atoms with van der Waals surface area (Å²) in [6.45, 7) is 11.5. The van der Waals surface area contributed by atoms with Crippen LogP contribution in [0.2, 0.25) is 0 Å². The van der Waals surface area contributed by atoms with Crippen LogP contribution in [0.25, 0.3) is 5.69 Å². The molecule has 5 rings (SSSR count). The summed E-state index contributed by atoms with van der Waals surface area (Å²) < 4.78 is 53.2. The monoisotopic (exact) mass is 660 g/mol. The predicted octanol–water partition coefficient (Wildman–Crippen LogP) is 2.32. The number of rotatable bonds is 11. The number of ether oxygens (including phenoxy) is 2. The fraction of sp³-hybridized carbons (Fsp3) is 0.533. The molecule has 2 fully saturated rings. The average Bonchev–Trinajstić information content (AvgIpc) is 3.57. The summed E-state index contributed by atoms with van der Waals surface area (Å²) in [6, 6.07) is 6.07. The minimum Gasteiger partial charge on any atom is -0.480 e. The van der Waals surface area contributed by atoms with Gasteiger partial charge >= 0.3 is 6.18 Å². The molecule has 4 heterocycles. The lowest BCUT2D eigenvalue weighted by Gasteiger charge is -2.38. The van der Waals surface area contributed by atoms with Gasteiger partial charge in [0.15, 0.2) is 11.4 Å². The van der Waals surface area contributed by atoms with E-state index in [9.17, 15) is 22.8 Å². The number of carbonyl (C=O) groups is 2. The van der Waals surface area contributed by atoms with E-state index in [1.54, 1.807) is 18.2 Å². The van der Waals surface area contributed by atoms with Crippen LogP contribution in [-0.4, -0.2) is 126 Å². The van der Waals surface area contributed by atoms with Crippen molar-refractivity contribution in [1.82, 2.24) is 40.3 Å². The van der Waals surface area contributed by atoms with Crippen molar-refractivity contribution >= 4 is 23.2 Å². The lowest BCUT2D eigenvalue weighted by atomic mass is 10.1. The zero-order chi connectivity index (χ0) is 33.6. The molecule has 3 aromatic rings. The fourth-order valence-electron chi connectivity index (χ4n) is 5.47. The zero-order valence-electron chi connectivity index (χ0n) is 26.6. The Balaban J connectivity index is 1.35. The van der Waals surface area contributed by atoms with Crippen molar-refractivity contribution in [3.63, 3.8) is 0 Å². The van der Waals surface area contributed by atoms with E-state index in [4.69, 9.17) is 9.47 Å². The second-order valence-electron chi connectivity index (χ2n) is 11.5. The lowest BCUT2D eigenvalue weighted by Crippen LogP contribution is -2.49. The molecular formula is C30H39F3N10O4. The molecule has 254 valence electrons. The summed E-state index contributed by atoms with van der Waals surface area (Å²) in [5.74, 6) is -1.85. The number of piperazine rings is 1. The van der Waals surface area contributed by atoms with E-state index in [2.05, 4.69) is 59.7 Å². The maximum atomic E-state index is 13.9. The van der Waals surface area contributed by atoms with Crippen molar-refractivity contribution in [3.8, 4) is 11.6 Å². The predicted molar refractivity (Wildman–Crippen MR) is 166 cm³/mol. The van der Waals surface area contributed by atoms with Crippen LogP contribution < -0.4 is 20.3 Å². The first-order valence-corrected chi connectivity index (χ1v) is 15.5. The molecule has 0 radical (unpaired) electrons. The number of amides is 2. The quantitative estimate of drug-likeness (QED) is 0.293. The van der Waals surface area contributed by atoms with Gasteiger partial charge in [0.1, 0.15) is 0 Å². The molecule has 47 heavy (non-hydrogen) atoms. The van der Waals surface area contributed by atoms with Crippen LogP contribution in [0.1, 0.15) is 46.8 Å². The average molecular weight is 661 g/mol. The van der Waals surface area contributed by atoms with Gasteiger partial charge in [0.05, 0.1) is 49.1 Å². The van der Waals surface area contributed by atoms with Gasteiger partial charge in [-0.2, -0.15) is 13.2 Å². The van der Waals surface area contributed by atoms with Gasteiger partial charge in [-0.25, -0.2) is 4.68 Å². The van der Waals surface area contributed by atoms with Crippen LogP contribution in [0.15, 0.2) is 30.5 Å². The van der Waals surface area contributed by atoms with Gasteiger partial charge in [0, 0.05) is 57.9 Å². The Morgan fingerprint density at radius 1 is 1.00 bits per heavy atom. The third kappa shape index (κ3) is 8.52. The Hall–Kier alpha value is -4.35. The highest BCUT2D eigenvalue weighted by Crippen LogP contribution is 2.34. The normalized spacial score (nSPS) is 16.4. The Bertz CT molecular complexity index is 1540. The largest absolute Gasteiger partial charge is 0.480 e. The van der Waals surface area contributed by atoms with Crippen LogP contribution in [0.4, 0.5) is 24.5 Å². The SMILES string of the molecule is COc1cc(C(F)(F)F)c(C(=O)Nc2cc(-n3cc(C(=O)NCCCN4CCOCC4)nn3)ccc2N2CCN(C(C)C)CC2)nn1. The number of benzene rings is 1. The smallest absolute Gasteiger partial charge is 0.418 e. The maximum absolute atomic E-state index is 13.9. The Labute approximate surface area is 270 Å². The maximum Gasteiger partial charge on any atom is 0.418 e. The van der Waals surface area contributed by atoms with E-state index >= 15 is 0 Å². The summed E-state index contributed by atoms with van der Waals surface area (Å²) in [6.07, 6.45) is -2.66. The topological polar surface area (TPSA) is 143 Å². The molecule has 14 nitrogen and oxygen atoms in total. The number of morpholine rings is 1. The van der Waals surface area contributed by atoms with Gasteiger partial charge in [-0.05, 0) is 45.0 Å². The summed E-state index contributed by atoms with van der Waals surface area (Å²) in [7, 11) is 1.16. The summed E-state index contributed by atoms with van der Waals surface area (Å²) in [4.78, 5) is 32.8. The number of alkyl halides is 3. The summed E-state index contributed by atoms with van der Waals surface area (Å²) >= 11 is 0. The van der Waals surface area contributed by atoms with Crippen LogP contribution in [0.3, 0.4) is 0 Å². The first-order valence-electron chi connectivity index (χ1n) is 15.5. The van der Waals surface area contributed by atoms with Gasteiger partial charge in [-0.3, -0.25) is 19.4 Å². The van der Waals surface area contributed by atoms with Crippen LogP contribution in [-0.2, 0) is 10.9 Å². The molecule has 1 aromatic carbocycles.